The number of alkyl halides is 1. The first kappa shape index (κ1) is 23.3. The maximum absolute atomic E-state index is 13.9. The van der Waals surface area contributed by atoms with Gasteiger partial charge in [-0.15, -0.1) is 0 Å². The molecule has 4 aliphatic rings. The Hall–Kier alpha value is -3.14. The summed E-state index contributed by atoms with van der Waals surface area (Å²) in [6.45, 7) is 4.22. The molecule has 1 aromatic carbocycles. The minimum Gasteiger partial charge on any atom is -0.482 e. The number of likely N-dealkylation sites (tertiary alicyclic amines) is 1. The lowest BCUT2D eigenvalue weighted by Gasteiger charge is -2.43. The van der Waals surface area contributed by atoms with E-state index in [0.29, 0.717) is 45.0 Å². The molecule has 4 heterocycles. The largest absolute Gasteiger partial charge is 0.482 e. The zero-order valence-electron chi connectivity index (χ0n) is 20.5. The number of nitrogens with zero attached hydrogens (tertiary/aromatic N) is 3. The van der Waals surface area contributed by atoms with Gasteiger partial charge in [0, 0.05) is 56.3 Å². The van der Waals surface area contributed by atoms with Crippen LogP contribution in [0, 0.1) is 12.8 Å². The Morgan fingerprint density at radius 1 is 1.28 bits per heavy atom. The first-order valence-corrected chi connectivity index (χ1v) is 12.8. The molecule has 1 spiro atoms. The summed E-state index contributed by atoms with van der Waals surface area (Å²) in [4.78, 5) is 27.0. The van der Waals surface area contributed by atoms with Crippen molar-refractivity contribution in [2.75, 3.05) is 32.8 Å². The molecule has 2 N–H and O–H groups in total. The summed E-state index contributed by atoms with van der Waals surface area (Å²) in [6, 6.07) is 5.50. The Morgan fingerprint density at radius 3 is 2.81 bits per heavy atom. The number of aryl methyl sites for hydroxylation is 1. The van der Waals surface area contributed by atoms with Crippen molar-refractivity contribution in [1.29, 1.82) is 0 Å². The second-order valence-electron chi connectivity index (χ2n) is 10.5. The van der Waals surface area contributed by atoms with Gasteiger partial charge in [-0.3, -0.25) is 9.48 Å². The molecule has 1 aliphatic carbocycles. The van der Waals surface area contributed by atoms with E-state index >= 15 is 0 Å². The van der Waals surface area contributed by atoms with Gasteiger partial charge in [-0.25, -0.2) is 9.18 Å². The summed E-state index contributed by atoms with van der Waals surface area (Å²) < 4.78 is 27.7. The SMILES string of the molecule is Cc1ccc2c(c1)OC1(CCN(C(=O)OCC3CC3)CC1)c1cn(CC(=O)N[C@H]3CNC[C@H]3F)nc1-2. The normalized spacial score (nSPS) is 24.1. The Balaban J connectivity index is 1.22. The van der Waals surface area contributed by atoms with Gasteiger partial charge in [-0.05, 0) is 43.4 Å². The van der Waals surface area contributed by atoms with Crippen LogP contribution in [0.3, 0.4) is 0 Å². The molecule has 2 aromatic rings. The Labute approximate surface area is 209 Å². The number of hydrogen-bond donors (Lipinski definition) is 2. The Kier molecular flexibility index (Phi) is 5.86. The standard InChI is InChI=1S/C26H32FN5O4/c1-16-2-5-18-22(10-16)36-26(6-8-31(9-7-26)25(34)35-15-17-3-4-17)19-13-32(30-24(18)19)14-23(33)29-21-12-28-11-20(21)27/h2,5,10,13,17,20-21,28H,3-4,6-9,11-12,14-15H2,1H3,(H,29,33)/t20-,21+/m1/s1. The number of rotatable bonds is 5. The van der Waals surface area contributed by atoms with Crippen LogP contribution in [0.5, 0.6) is 5.75 Å². The van der Waals surface area contributed by atoms with E-state index in [-0.39, 0.29) is 25.1 Å². The van der Waals surface area contributed by atoms with Crippen LogP contribution in [0.15, 0.2) is 24.4 Å². The number of carbonyl (C=O) groups excluding carboxylic acids is 2. The molecule has 0 bridgehead atoms. The van der Waals surface area contributed by atoms with E-state index in [4.69, 9.17) is 14.6 Å². The molecule has 2 saturated heterocycles. The number of carbonyl (C=O) groups is 2. The first-order chi connectivity index (χ1) is 17.4. The van der Waals surface area contributed by atoms with Crippen LogP contribution in [0.4, 0.5) is 9.18 Å². The third-order valence-electron chi connectivity index (χ3n) is 7.71. The number of benzene rings is 1. The van der Waals surface area contributed by atoms with Crippen LogP contribution < -0.4 is 15.4 Å². The molecule has 0 unspecified atom stereocenters. The molecule has 3 fully saturated rings. The molecule has 9 nitrogen and oxygen atoms in total. The summed E-state index contributed by atoms with van der Waals surface area (Å²) in [5.74, 6) is 1.01. The maximum Gasteiger partial charge on any atom is 0.409 e. The fourth-order valence-corrected chi connectivity index (χ4v) is 5.38. The number of ether oxygens (including phenoxy) is 2. The van der Waals surface area contributed by atoms with Gasteiger partial charge < -0.3 is 25.0 Å². The van der Waals surface area contributed by atoms with Crippen LogP contribution in [0.25, 0.3) is 11.3 Å². The summed E-state index contributed by atoms with van der Waals surface area (Å²) >= 11 is 0. The average molecular weight is 498 g/mol. The second kappa shape index (κ2) is 9.06. The monoisotopic (exact) mass is 497 g/mol. The minimum atomic E-state index is -1.09. The third-order valence-corrected chi connectivity index (χ3v) is 7.71. The van der Waals surface area contributed by atoms with Gasteiger partial charge in [0.05, 0.1) is 12.6 Å². The molecule has 6 rings (SSSR count). The van der Waals surface area contributed by atoms with E-state index < -0.39 is 17.8 Å². The number of aromatic nitrogens is 2. The molecule has 0 radical (unpaired) electrons. The lowest BCUT2D eigenvalue weighted by molar-refractivity contribution is -0.122. The van der Waals surface area contributed by atoms with Crippen molar-refractivity contribution in [1.82, 2.24) is 25.3 Å². The van der Waals surface area contributed by atoms with Crippen LogP contribution in [0.1, 0.15) is 36.8 Å². The zero-order valence-corrected chi connectivity index (χ0v) is 20.5. The molecule has 192 valence electrons. The van der Waals surface area contributed by atoms with Crippen LogP contribution in [-0.2, 0) is 21.7 Å². The minimum absolute atomic E-state index is 0.00683. The molecule has 2 amide bonds. The quantitative estimate of drug-likeness (QED) is 0.659. The topological polar surface area (TPSA) is 97.7 Å². The highest BCUT2D eigenvalue weighted by Crippen LogP contribution is 2.49. The van der Waals surface area contributed by atoms with E-state index in [1.165, 1.54) is 0 Å². The number of hydrogen-bond acceptors (Lipinski definition) is 6. The second-order valence-corrected chi connectivity index (χ2v) is 10.5. The van der Waals surface area contributed by atoms with E-state index in [1.54, 1.807) is 9.58 Å². The lowest BCUT2D eigenvalue weighted by Crippen LogP contribution is -2.49. The van der Waals surface area contributed by atoms with Crippen molar-refractivity contribution in [3.8, 4) is 17.0 Å². The van der Waals surface area contributed by atoms with Crippen molar-refractivity contribution in [2.24, 2.45) is 5.92 Å². The van der Waals surface area contributed by atoms with Crippen molar-refractivity contribution in [3.63, 3.8) is 0 Å². The number of fused-ring (bicyclic) bond motifs is 4. The smallest absolute Gasteiger partial charge is 0.409 e. The zero-order chi connectivity index (χ0) is 24.9. The number of piperidine rings is 1. The van der Waals surface area contributed by atoms with Crippen molar-refractivity contribution in [3.05, 3.63) is 35.5 Å². The third kappa shape index (κ3) is 4.42. The highest BCUT2D eigenvalue weighted by molar-refractivity contribution is 5.77. The van der Waals surface area contributed by atoms with Gasteiger partial charge in [0.15, 0.2) is 0 Å². The summed E-state index contributed by atoms with van der Waals surface area (Å²) in [7, 11) is 0. The molecule has 2 atom stereocenters. The van der Waals surface area contributed by atoms with Crippen molar-refractivity contribution >= 4 is 12.0 Å². The van der Waals surface area contributed by atoms with Gasteiger partial charge in [0.1, 0.15) is 29.8 Å². The Bertz CT molecular complexity index is 1170. The van der Waals surface area contributed by atoms with Crippen molar-refractivity contribution < 1.29 is 23.5 Å². The predicted octanol–water partition coefficient (Wildman–Crippen LogP) is 2.51. The van der Waals surface area contributed by atoms with Crippen LogP contribution in [0.2, 0.25) is 0 Å². The average Bonchev–Trinajstić information content (AvgIpc) is 3.46. The van der Waals surface area contributed by atoms with Crippen LogP contribution in [-0.4, -0.2) is 71.7 Å². The van der Waals surface area contributed by atoms with Gasteiger partial charge in [0.2, 0.25) is 5.91 Å². The lowest BCUT2D eigenvalue weighted by atomic mass is 9.81. The molecule has 1 aromatic heterocycles. The highest BCUT2D eigenvalue weighted by Gasteiger charge is 2.46. The molecule has 36 heavy (non-hydrogen) atoms. The van der Waals surface area contributed by atoms with Gasteiger partial charge in [-0.1, -0.05) is 6.07 Å². The fourth-order valence-electron chi connectivity index (χ4n) is 5.38. The predicted molar refractivity (Wildman–Crippen MR) is 129 cm³/mol. The molecular formula is C26H32FN5O4. The van der Waals surface area contributed by atoms with E-state index in [2.05, 4.69) is 10.6 Å². The molecule has 10 heteroatoms. The summed E-state index contributed by atoms with van der Waals surface area (Å²) in [5.41, 5.74) is 3.04. The molecule has 1 saturated carbocycles. The summed E-state index contributed by atoms with van der Waals surface area (Å²) in [6.07, 6.45) is 4.00. The number of amides is 2. The van der Waals surface area contributed by atoms with Gasteiger partial charge in [0.25, 0.3) is 0 Å². The summed E-state index contributed by atoms with van der Waals surface area (Å²) in [5, 5.41) is 10.5. The Morgan fingerprint density at radius 2 is 2.08 bits per heavy atom. The fraction of sp³-hybridized carbons (Fsp3) is 0.577. The van der Waals surface area contributed by atoms with E-state index in [1.807, 2.05) is 31.3 Å². The highest BCUT2D eigenvalue weighted by atomic mass is 19.1. The van der Waals surface area contributed by atoms with Gasteiger partial charge >= 0.3 is 6.09 Å². The first-order valence-electron chi connectivity index (χ1n) is 12.8. The number of halogens is 1. The molecule has 3 aliphatic heterocycles. The van der Waals surface area contributed by atoms with Crippen molar-refractivity contribution in [2.45, 2.75) is 57.0 Å². The van der Waals surface area contributed by atoms with E-state index in [9.17, 15) is 14.0 Å². The van der Waals surface area contributed by atoms with Crippen LogP contribution >= 0.6 is 0 Å². The van der Waals surface area contributed by atoms with Gasteiger partial charge in [-0.2, -0.15) is 5.10 Å². The maximum atomic E-state index is 13.9. The van der Waals surface area contributed by atoms with E-state index in [0.717, 1.165) is 41.0 Å². The molecular weight excluding hydrogens is 465 g/mol. The number of nitrogens with one attached hydrogen (secondary N) is 2.